The molecule has 170 valence electrons. The van der Waals surface area contributed by atoms with Gasteiger partial charge < -0.3 is 18.9 Å². The highest BCUT2D eigenvalue weighted by molar-refractivity contribution is 5.89. The van der Waals surface area contributed by atoms with Crippen molar-refractivity contribution in [2.75, 3.05) is 27.9 Å². The first-order chi connectivity index (χ1) is 16.1. The van der Waals surface area contributed by atoms with E-state index in [0.717, 1.165) is 22.3 Å². The number of hydrogen-bond acceptors (Lipinski definition) is 5. The first-order valence-electron chi connectivity index (χ1n) is 10.6. The van der Waals surface area contributed by atoms with E-state index < -0.39 is 0 Å². The van der Waals surface area contributed by atoms with Crippen molar-refractivity contribution >= 4 is 30.3 Å². The fourth-order valence-corrected chi connectivity index (χ4v) is 3.30. The average molecular weight is 445 g/mol. The van der Waals surface area contributed by atoms with Gasteiger partial charge in [0.15, 0.2) is 11.5 Å². The van der Waals surface area contributed by atoms with Gasteiger partial charge in [-0.25, -0.2) is 4.79 Å². The maximum atomic E-state index is 11.7. The van der Waals surface area contributed by atoms with Crippen LogP contribution in [0, 0.1) is 0 Å². The van der Waals surface area contributed by atoms with E-state index in [1.807, 2.05) is 60.7 Å². The second-order valence-corrected chi connectivity index (χ2v) is 7.10. The Bertz CT molecular complexity index is 1130. The zero-order valence-electron chi connectivity index (χ0n) is 19.3. The van der Waals surface area contributed by atoms with Crippen LogP contribution >= 0.6 is 0 Å². The third-order valence-corrected chi connectivity index (χ3v) is 5.02. The van der Waals surface area contributed by atoms with Gasteiger partial charge >= 0.3 is 5.97 Å². The van der Waals surface area contributed by atoms with Gasteiger partial charge in [-0.15, -0.1) is 0 Å². The molecule has 0 spiro atoms. The van der Waals surface area contributed by atoms with E-state index in [2.05, 4.69) is 12.1 Å². The summed E-state index contributed by atoms with van der Waals surface area (Å²) in [6.07, 6.45) is 8.04. The second kappa shape index (κ2) is 11.6. The lowest BCUT2D eigenvalue weighted by atomic mass is 10.1. The third-order valence-electron chi connectivity index (χ3n) is 5.02. The molecule has 33 heavy (non-hydrogen) atoms. The monoisotopic (exact) mass is 444 g/mol. The standard InChI is InChI=1S/C28H28O5/c1-5-33-28(29)24-16-13-22(14-17-24)11-8-20-6-9-21(10-7-20)12-15-23-18-19-25(30-2)27(32-4)26(23)31-3/h6-19H,5H2,1-4H3. The lowest BCUT2D eigenvalue weighted by Gasteiger charge is -2.14. The molecule has 3 rings (SSSR count). The fourth-order valence-electron chi connectivity index (χ4n) is 3.30. The Kier molecular flexibility index (Phi) is 8.30. The number of carbonyl (C=O) groups is 1. The molecule has 0 fully saturated rings. The number of benzene rings is 3. The maximum absolute atomic E-state index is 11.7. The number of rotatable bonds is 9. The molecule has 0 aliphatic heterocycles. The van der Waals surface area contributed by atoms with Gasteiger partial charge in [0.05, 0.1) is 33.5 Å². The molecule has 0 bridgehead atoms. The smallest absolute Gasteiger partial charge is 0.338 e. The molecule has 0 radical (unpaired) electrons. The number of esters is 1. The normalized spacial score (nSPS) is 11.0. The van der Waals surface area contributed by atoms with Crippen LogP contribution in [0.3, 0.4) is 0 Å². The summed E-state index contributed by atoms with van der Waals surface area (Å²) in [5.74, 6) is 1.51. The summed E-state index contributed by atoms with van der Waals surface area (Å²) in [6.45, 7) is 2.16. The first-order valence-corrected chi connectivity index (χ1v) is 10.6. The van der Waals surface area contributed by atoms with Crippen LogP contribution in [0.2, 0.25) is 0 Å². The fraction of sp³-hybridized carbons (Fsp3) is 0.179. The molecule has 5 heteroatoms. The summed E-state index contributed by atoms with van der Waals surface area (Å²) in [5, 5.41) is 0. The Morgan fingerprint density at radius 1 is 0.667 bits per heavy atom. The Hall–Kier alpha value is -3.99. The third kappa shape index (κ3) is 6.04. The molecule has 0 amide bonds. The van der Waals surface area contributed by atoms with E-state index >= 15 is 0 Å². The molecule has 0 saturated heterocycles. The van der Waals surface area contributed by atoms with Crippen LogP contribution < -0.4 is 14.2 Å². The molecule has 5 nitrogen and oxygen atoms in total. The molecular formula is C28H28O5. The molecule has 0 atom stereocenters. The van der Waals surface area contributed by atoms with Gasteiger partial charge in [0, 0.05) is 5.56 Å². The summed E-state index contributed by atoms with van der Waals surface area (Å²) in [4.78, 5) is 11.7. The van der Waals surface area contributed by atoms with Gasteiger partial charge in [-0.3, -0.25) is 0 Å². The first kappa shape index (κ1) is 23.7. The highest BCUT2D eigenvalue weighted by atomic mass is 16.5. The molecule has 0 unspecified atom stereocenters. The minimum absolute atomic E-state index is 0.303. The number of ether oxygens (including phenoxy) is 4. The molecule has 0 heterocycles. The van der Waals surface area contributed by atoms with E-state index in [1.165, 1.54) is 0 Å². The van der Waals surface area contributed by atoms with Crippen LogP contribution in [-0.2, 0) is 4.74 Å². The van der Waals surface area contributed by atoms with Crippen LogP contribution in [0.5, 0.6) is 17.2 Å². The van der Waals surface area contributed by atoms with Crippen molar-refractivity contribution < 1.29 is 23.7 Å². The van der Waals surface area contributed by atoms with Gasteiger partial charge in [0.1, 0.15) is 0 Å². The van der Waals surface area contributed by atoms with Crippen LogP contribution in [0.15, 0.2) is 60.7 Å². The average Bonchev–Trinajstić information content (AvgIpc) is 2.86. The topological polar surface area (TPSA) is 54.0 Å². The summed E-state index contributed by atoms with van der Waals surface area (Å²) in [7, 11) is 4.80. The molecule has 0 saturated carbocycles. The zero-order valence-corrected chi connectivity index (χ0v) is 19.3. The molecular weight excluding hydrogens is 416 g/mol. The van der Waals surface area contributed by atoms with Crippen molar-refractivity contribution in [2.45, 2.75) is 6.92 Å². The highest BCUT2D eigenvalue weighted by Crippen LogP contribution is 2.40. The van der Waals surface area contributed by atoms with Crippen molar-refractivity contribution in [3.8, 4) is 17.2 Å². The van der Waals surface area contributed by atoms with Gasteiger partial charge in [0.25, 0.3) is 0 Å². The van der Waals surface area contributed by atoms with E-state index in [9.17, 15) is 4.79 Å². The molecule has 3 aromatic rings. The zero-order chi connectivity index (χ0) is 23.6. The largest absolute Gasteiger partial charge is 0.493 e. The van der Waals surface area contributed by atoms with E-state index in [-0.39, 0.29) is 5.97 Å². The quantitative estimate of drug-likeness (QED) is 0.289. The van der Waals surface area contributed by atoms with Gasteiger partial charge in [-0.05, 0) is 47.9 Å². The van der Waals surface area contributed by atoms with E-state index in [1.54, 1.807) is 40.4 Å². The summed E-state index contributed by atoms with van der Waals surface area (Å²) in [5.41, 5.74) is 4.59. The predicted molar refractivity (Wildman–Crippen MR) is 133 cm³/mol. The van der Waals surface area contributed by atoms with Crippen molar-refractivity contribution in [2.24, 2.45) is 0 Å². The Morgan fingerprint density at radius 2 is 1.18 bits per heavy atom. The minimum atomic E-state index is -0.303. The summed E-state index contributed by atoms with van der Waals surface area (Å²) >= 11 is 0. The Morgan fingerprint density at radius 3 is 1.67 bits per heavy atom. The van der Waals surface area contributed by atoms with Gasteiger partial charge in [-0.1, -0.05) is 60.7 Å². The summed E-state index contributed by atoms with van der Waals surface area (Å²) < 4.78 is 21.3. The van der Waals surface area contributed by atoms with Crippen LogP contribution in [0.4, 0.5) is 0 Å². The predicted octanol–water partition coefficient (Wildman–Crippen LogP) is 6.23. The SMILES string of the molecule is CCOC(=O)c1ccc(C=Cc2ccc(C=Cc3ccc(OC)c(OC)c3OC)cc2)cc1. The number of methoxy groups -OCH3 is 3. The molecule has 0 aromatic heterocycles. The molecule has 0 aliphatic carbocycles. The van der Waals surface area contributed by atoms with Crippen LogP contribution in [0.25, 0.3) is 24.3 Å². The maximum Gasteiger partial charge on any atom is 0.338 e. The van der Waals surface area contributed by atoms with Gasteiger partial charge in [-0.2, -0.15) is 0 Å². The number of carbonyl (C=O) groups excluding carboxylic acids is 1. The van der Waals surface area contributed by atoms with Crippen LogP contribution in [-0.4, -0.2) is 33.9 Å². The minimum Gasteiger partial charge on any atom is -0.493 e. The molecule has 0 aliphatic rings. The van der Waals surface area contributed by atoms with Crippen molar-refractivity contribution in [3.05, 3.63) is 88.5 Å². The summed E-state index contributed by atoms with van der Waals surface area (Å²) in [6, 6.07) is 19.3. The highest BCUT2D eigenvalue weighted by Gasteiger charge is 2.14. The lowest BCUT2D eigenvalue weighted by Crippen LogP contribution is -2.03. The second-order valence-electron chi connectivity index (χ2n) is 7.10. The van der Waals surface area contributed by atoms with E-state index in [0.29, 0.717) is 29.4 Å². The van der Waals surface area contributed by atoms with Crippen LogP contribution in [0.1, 0.15) is 39.5 Å². The van der Waals surface area contributed by atoms with E-state index in [4.69, 9.17) is 18.9 Å². The van der Waals surface area contributed by atoms with Crippen molar-refractivity contribution in [1.82, 2.24) is 0 Å². The number of hydrogen-bond donors (Lipinski definition) is 0. The lowest BCUT2D eigenvalue weighted by molar-refractivity contribution is 0.0526. The van der Waals surface area contributed by atoms with Crippen molar-refractivity contribution in [1.29, 1.82) is 0 Å². The molecule has 0 N–H and O–H groups in total. The Labute approximate surface area is 194 Å². The van der Waals surface area contributed by atoms with Gasteiger partial charge in [0.2, 0.25) is 5.75 Å². The molecule has 3 aromatic carbocycles. The van der Waals surface area contributed by atoms with Crippen molar-refractivity contribution in [3.63, 3.8) is 0 Å². The Balaban J connectivity index is 1.70.